The second-order valence-corrected chi connectivity index (χ2v) is 8.92. The highest BCUT2D eigenvalue weighted by atomic mass is 16.5. The molecule has 7 heteroatoms. The first-order chi connectivity index (χ1) is 14.1. The highest BCUT2D eigenvalue weighted by Crippen LogP contribution is 2.23. The monoisotopic (exact) mass is 414 g/mol. The summed E-state index contributed by atoms with van der Waals surface area (Å²) in [4.78, 5) is 29.2. The van der Waals surface area contributed by atoms with Crippen molar-refractivity contribution >= 4 is 24.5 Å². The van der Waals surface area contributed by atoms with Crippen LogP contribution in [0.3, 0.4) is 0 Å². The van der Waals surface area contributed by atoms with Crippen LogP contribution in [0.4, 0.5) is 4.79 Å². The molecule has 3 amide bonds. The summed E-state index contributed by atoms with van der Waals surface area (Å²) in [6.45, 7) is 12.9. The smallest absolute Gasteiger partial charge is 0.322 e. The van der Waals surface area contributed by atoms with Crippen molar-refractivity contribution in [2.24, 2.45) is 16.3 Å². The van der Waals surface area contributed by atoms with Gasteiger partial charge in [-0.3, -0.25) is 15.5 Å². The van der Waals surface area contributed by atoms with E-state index in [2.05, 4.69) is 17.0 Å². The lowest BCUT2D eigenvalue weighted by atomic mass is 9.92. The largest absolute Gasteiger partial charge is 0.494 e. The quantitative estimate of drug-likeness (QED) is 0.409. The van der Waals surface area contributed by atoms with Gasteiger partial charge in [0.1, 0.15) is 11.6 Å². The maximum atomic E-state index is 12.3. The summed E-state index contributed by atoms with van der Waals surface area (Å²) in [5, 5.41) is 10.7. The normalized spacial score (nSPS) is 14.9. The van der Waals surface area contributed by atoms with E-state index in [0.29, 0.717) is 18.1 Å². The SMILES string of the molecule is C=NC(=O)c1ccc(OCCCC2CCN(C(=O)NC(=N)C(C)(C)C)CC2)cc1C. The minimum absolute atomic E-state index is 0.166. The number of ether oxygens (including phenoxy) is 1. The number of aryl methyl sites for hydroxylation is 1. The minimum atomic E-state index is -0.356. The Balaban J connectivity index is 1.69. The molecule has 2 N–H and O–H groups in total. The van der Waals surface area contributed by atoms with E-state index in [9.17, 15) is 9.59 Å². The molecule has 0 radical (unpaired) electrons. The molecule has 0 unspecified atom stereocenters. The van der Waals surface area contributed by atoms with Crippen LogP contribution in [0.5, 0.6) is 5.75 Å². The van der Waals surface area contributed by atoms with E-state index in [1.54, 1.807) is 17.0 Å². The Kier molecular flexibility index (Phi) is 8.15. The van der Waals surface area contributed by atoms with Crippen molar-refractivity contribution < 1.29 is 14.3 Å². The molecule has 1 aromatic carbocycles. The first kappa shape index (κ1) is 23.6. The van der Waals surface area contributed by atoms with Gasteiger partial charge in [0, 0.05) is 24.1 Å². The van der Waals surface area contributed by atoms with E-state index in [4.69, 9.17) is 10.1 Å². The molecule has 2 rings (SSSR count). The van der Waals surface area contributed by atoms with Crippen LogP contribution >= 0.6 is 0 Å². The summed E-state index contributed by atoms with van der Waals surface area (Å²) in [5.41, 5.74) is 1.02. The Morgan fingerprint density at radius 3 is 2.53 bits per heavy atom. The van der Waals surface area contributed by atoms with Crippen LogP contribution in [-0.2, 0) is 0 Å². The topological polar surface area (TPSA) is 94.8 Å². The van der Waals surface area contributed by atoms with E-state index in [1.165, 1.54) is 0 Å². The fourth-order valence-corrected chi connectivity index (χ4v) is 3.41. The summed E-state index contributed by atoms with van der Waals surface area (Å²) in [6, 6.07) is 5.20. The van der Waals surface area contributed by atoms with Gasteiger partial charge in [-0.2, -0.15) is 0 Å². The maximum Gasteiger partial charge on any atom is 0.322 e. The number of aliphatic imine (C=N–C) groups is 1. The zero-order chi connectivity index (χ0) is 22.3. The number of nitrogens with one attached hydrogen (secondary N) is 2. The summed E-state index contributed by atoms with van der Waals surface area (Å²) in [6.07, 6.45) is 3.95. The van der Waals surface area contributed by atoms with Gasteiger partial charge in [-0.05, 0) is 69.0 Å². The first-order valence-corrected chi connectivity index (χ1v) is 10.5. The summed E-state index contributed by atoms with van der Waals surface area (Å²) in [7, 11) is 0. The molecule has 0 saturated carbocycles. The van der Waals surface area contributed by atoms with Gasteiger partial charge in [0.15, 0.2) is 0 Å². The Bertz CT molecular complexity index is 790. The highest BCUT2D eigenvalue weighted by Gasteiger charge is 2.25. The lowest BCUT2D eigenvalue weighted by molar-refractivity contribution is 0.100. The first-order valence-electron chi connectivity index (χ1n) is 10.5. The average molecular weight is 415 g/mol. The van der Waals surface area contributed by atoms with Crippen LogP contribution in [0, 0.1) is 23.7 Å². The molecule has 30 heavy (non-hydrogen) atoms. The van der Waals surface area contributed by atoms with Gasteiger partial charge in [0.05, 0.1) is 6.61 Å². The second-order valence-electron chi connectivity index (χ2n) is 8.92. The van der Waals surface area contributed by atoms with Gasteiger partial charge < -0.3 is 9.64 Å². The third kappa shape index (κ3) is 6.68. The van der Waals surface area contributed by atoms with Crippen LogP contribution in [-0.4, -0.2) is 49.1 Å². The predicted octanol–water partition coefficient (Wildman–Crippen LogP) is 4.44. The van der Waals surface area contributed by atoms with Crippen molar-refractivity contribution in [1.29, 1.82) is 5.41 Å². The number of amides is 3. The highest BCUT2D eigenvalue weighted by molar-refractivity contribution is 5.99. The molecular formula is C23H34N4O3. The molecule has 0 atom stereocenters. The number of urea groups is 1. The lowest BCUT2D eigenvalue weighted by Gasteiger charge is -2.33. The average Bonchev–Trinajstić information content (AvgIpc) is 2.70. The third-order valence-corrected chi connectivity index (χ3v) is 5.48. The van der Waals surface area contributed by atoms with Crippen molar-refractivity contribution in [2.75, 3.05) is 19.7 Å². The number of amidine groups is 1. The number of nitrogens with zero attached hydrogens (tertiary/aromatic N) is 2. The number of hydrogen-bond donors (Lipinski definition) is 2. The molecule has 1 aliphatic rings. The van der Waals surface area contributed by atoms with Crippen molar-refractivity contribution in [1.82, 2.24) is 10.2 Å². The Labute approximate surface area is 179 Å². The van der Waals surface area contributed by atoms with Crippen LogP contribution in [0.2, 0.25) is 0 Å². The fourth-order valence-electron chi connectivity index (χ4n) is 3.41. The molecule has 0 spiro atoms. The van der Waals surface area contributed by atoms with Gasteiger partial charge in [-0.15, -0.1) is 0 Å². The Hall–Kier alpha value is -2.70. The van der Waals surface area contributed by atoms with E-state index in [-0.39, 0.29) is 23.2 Å². The zero-order valence-corrected chi connectivity index (χ0v) is 18.6. The Morgan fingerprint density at radius 2 is 1.97 bits per heavy atom. The van der Waals surface area contributed by atoms with Crippen molar-refractivity contribution in [3.63, 3.8) is 0 Å². The van der Waals surface area contributed by atoms with Gasteiger partial charge in [-0.25, -0.2) is 9.79 Å². The number of carbonyl (C=O) groups is 2. The number of hydrogen-bond acceptors (Lipinski definition) is 4. The van der Waals surface area contributed by atoms with Gasteiger partial charge >= 0.3 is 6.03 Å². The maximum absolute atomic E-state index is 12.3. The third-order valence-electron chi connectivity index (χ3n) is 5.48. The number of carbonyl (C=O) groups excluding carboxylic acids is 2. The number of benzene rings is 1. The van der Waals surface area contributed by atoms with Gasteiger partial charge in [0.2, 0.25) is 0 Å². The zero-order valence-electron chi connectivity index (χ0n) is 18.6. The van der Waals surface area contributed by atoms with Crippen molar-refractivity contribution in [3.05, 3.63) is 29.3 Å². The minimum Gasteiger partial charge on any atom is -0.494 e. The van der Waals surface area contributed by atoms with Crippen LogP contribution in [0.25, 0.3) is 0 Å². The molecule has 1 aliphatic heterocycles. The predicted molar refractivity (Wildman–Crippen MR) is 120 cm³/mol. The molecule has 164 valence electrons. The van der Waals surface area contributed by atoms with Crippen molar-refractivity contribution in [2.45, 2.75) is 53.4 Å². The van der Waals surface area contributed by atoms with Crippen LogP contribution in [0.15, 0.2) is 23.2 Å². The van der Waals surface area contributed by atoms with Crippen LogP contribution < -0.4 is 10.1 Å². The molecule has 1 aromatic rings. The molecule has 1 fully saturated rings. The number of piperidine rings is 1. The lowest BCUT2D eigenvalue weighted by Crippen LogP contribution is -2.48. The van der Waals surface area contributed by atoms with Gasteiger partial charge in [-0.1, -0.05) is 20.8 Å². The fraction of sp³-hybridized carbons (Fsp3) is 0.565. The molecule has 1 saturated heterocycles. The molecular weight excluding hydrogens is 380 g/mol. The molecule has 0 aromatic heterocycles. The summed E-state index contributed by atoms with van der Waals surface area (Å²) in [5.74, 6) is 1.26. The van der Waals surface area contributed by atoms with E-state index >= 15 is 0 Å². The van der Waals surface area contributed by atoms with Crippen LogP contribution in [0.1, 0.15) is 62.4 Å². The second kappa shape index (κ2) is 10.4. The number of rotatable bonds is 6. The van der Waals surface area contributed by atoms with E-state index in [0.717, 1.165) is 50.1 Å². The molecule has 0 aliphatic carbocycles. The standard InChI is InChI=1S/C23H34N4O3/c1-16-15-18(8-9-19(16)20(28)25-5)30-14-6-7-17-10-12-27(13-11-17)22(29)26-21(24)23(2,3)4/h8-9,15,17H,5-7,10-14H2,1-4H3,(H2,24,26,29). The summed E-state index contributed by atoms with van der Waals surface area (Å²) >= 11 is 0. The van der Waals surface area contributed by atoms with E-state index in [1.807, 2.05) is 33.8 Å². The Morgan fingerprint density at radius 1 is 1.30 bits per heavy atom. The summed E-state index contributed by atoms with van der Waals surface area (Å²) < 4.78 is 5.83. The molecule has 0 bridgehead atoms. The molecule has 7 nitrogen and oxygen atoms in total. The van der Waals surface area contributed by atoms with Gasteiger partial charge in [0.25, 0.3) is 5.91 Å². The van der Waals surface area contributed by atoms with Crippen molar-refractivity contribution in [3.8, 4) is 5.75 Å². The number of likely N-dealkylation sites (tertiary alicyclic amines) is 1. The van der Waals surface area contributed by atoms with E-state index < -0.39 is 0 Å². The molecule has 1 heterocycles.